The Morgan fingerprint density at radius 3 is 2.51 bits per heavy atom. The van der Waals surface area contributed by atoms with Gasteiger partial charge in [-0.2, -0.15) is 9.78 Å². The van der Waals surface area contributed by atoms with Crippen molar-refractivity contribution in [2.75, 3.05) is 38.2 Å². The van der Waals surface area contributed by atoms with Crippen LogP contribution < -0.4 is 15.6 Å². The summed E-state index contributed by atoms with van der Waals surface area (Å²) >= 11 is 6.35. The van der Waals surface area contributed by atoms with E-state index in [1.54, 1.807) is 34.8 Å². The van der Waals surface area contributed by atoms with Crippen LogP contribution in [0.2, 0.25) is 5.02 Å². The molecule has 3 fully saturated rings. The van der Waals surface area contributed by atoms with Gasteiger partial charge in [0, 0.05) is 26.2 Å². The van der Waals surface area contributed by atoms with E-state index >= 15 is 0 Å². The van der Waals surface area contributed by atoms with Gasteiger partial charge in [0.2, 0.25) is 10.0 Å². The monoisotopic (exact) mass is 522 g/mol. The molecule has 190 valence electrons. The largest absolute Gasteiger partial charge is 0.490 e. The molecule has 3 aliphatic rings. The van der Waals surface area contributed by atoms with Crippen LogP contribution in [0.5, 0.6) is 5.75 Å². The molecule has 0 radical (unpaired) electrons. The first-order valence-electron chi connectivity index (χ1n) is 12.3. The zero-order chi connectivity index (χ0) is 24.4. The molecular weight excluding hydrogens is 492 g/mol. The second kappa shape index (κ2) is 10.5. The van der Waals surface area contributed by atoms with Crippen LogP contribution in [-0.2, 0) is 14.8 Å². The maximum absolute atomic E-state index is 12.8. The van der Waals surface area contributed by atoms with Crippen LogP contribution in [0.15, 0.2) is 35.3 Å². The van der Waals surface area contributed by atoms with Crippen molar-refractivity contribution in [2.45, 2.75) is 49.9 Å². The molecule has 3 heterocycles. The van der Waals surface area contributed by atoms with E-state index in [1.807, 2.05) is 0 Å². The summed E-state index contributed by atoms with van der Waals surface area (Å²) < 4.78 is 39.2. The molecule has 2 aromatic rings. The van der Waals surface area contributed by atoms with Gasteiger partial charge in [0.15, 0.2) is 0 Å². The Labute approximate surface area is 210 Å². The van der Waals surface area contributed by atoms with E-state index in [4.69, 9.17) is 21.1 Å². The van der Waals surface area contributed by atoms with Gasteiger partial charge in [0.25, 0.3) is 5.56 Å². The van der Waals surface area contributed by atoms with Gasteiger partial charge in [0.05, 0.1) is 29.4 Å². The third-order valence-corrected chi connectivity index (χ3v) is 9.61. The summed E-state index contributed by atoms with van der Waals surface area (Å²) in [5.74, 6) is 1.06. The van der Waals surface area contributed by atoms with Crippen molar-refractivity contribution in [1.82, 2.24) is 14.1 Å². The lowest BCUT2D eigenvalue weighted by Gasteiger charge is -2.31. The van der Waals surface area contributed by atoms with E-state index in [1.165, 1.54) is 4.68 Å². The number of hydrogen-bond donors (Lipinski definition) is 1. The van der Waals surface area contributed by atoms with Gasteiger partial charge in [-0.25, -0.2) is 12.7 Å². The lowest BCUT2D eigenvalue weighted by Crippen LogP contribution is -2.43. The summed E-state index contributed by atoms with van der Waals surface area (Å²) in [7, 11) is -3.12. The number of benzene rings is 1. The van der Waals surface area contributed by atoms with E-state index in [9.17, 15) is 13.2 Å². The van der Waals surface area contributed by atoms with Gasteiger partial charge in [0.1, 0.15) is 16.9 Å². The van der Waals surface area contributed by atoms with Crippen molar-refractivity contribution in [3.05, 3.63) is 45.8 Å². The minimum absolute atomic E-state index is 0.0401. The lowest BCUT2D eigenvalue weighted by atomic mass is 10.0. The minimum Gasteiger partial charge on any atom is -0.490 e. The third-order valence-electron chi connectivity index (χ3n) is 6.85. The second-order valence-electron chi connectivity index (χ2n) is 9.51. The number of anilines is 1. The van der Waals surface area contributed by atoms with Gasteiger partial charge in [-0.15, -0.1) is 0 Å². The van der Waals surface area contributed by atoms with E-state index in [0.29, 0.717) is 62.1 Å². The highest BCUT2D eigenvalue weighted by atomic mass is 35.5. The Bertz CT molecular complexity index is 1190. The standard InChI is InChI=1S/C24H31ClN4O5S/c25-23-22(26-14-17-2-1-13-33-16-17)15-27-29(24(23)30)18-3-5-19(6-4-18)34-20-9-11-28(12-10-20)35(31,32)21-7-8-21/h3-6,15,17,20-21,26H,1-2,7-14,16H2/t17-/m1/s1. The molecule has 5 rings (SSSR count). The number of ether oxygens (including phenoxy) is 2. The molecule has 1 aromatic carbocycles. The highest BCUT2D eigenvalue weighted by Gasteiger charge is 2.41. The van der Waals surface area contributed by atoms with Crippen LogP contribution in [0.4, 0.5) is 5.69 Å². The normalized spacial score (nSPS) is 22.1. The van der Waals surface area contributed by atoms with Crippen LogP contribution in [0, 0.1) is 5.92 Å². The van der Waals surface area contributed by atoms with Gasteiger partial charge in [-0.05, 0) is 68.7 Å². The molecule has 0 amide bonds. The number of rotatable bonds is 8. The minimum atomic E-state index is -3.12. The zero-order valence-electron chi connectivity index (χ0n) is 19.6. The fraction of sp³-hybridized carbons (Fsp3) is 0.583. The fourth-order valence-electron chi connectivity index (χ4n) is 4.60. The van der Waals surface area contributed by atoms with Crippen LogP contribution in [-0.4, -0.2) is 66.7 Å². The van der Waals surface area contributed by atoms with Crippen LogP contribution in [0.3, 0.4) is 0 Å². The average Bonchev–Trinajstić information content (AvgIpc) is 3.73. The van der Waals surface area contributed by atoms with Gasteiger partial charge in [-0.1, -0.05) is 11.6 Å². The summed E-state index contributed by atoms with van der Waals surface area (Å²) in [6.07, 6.45) is 6.54. The molecule has 2 aliphatic heterocycles. The summed E-state index contributed by atoms with van der Waals surface area (Å²) in [6.45, 7) is 3.19. The number of sulfonamides is 1. The zero-order valence-corrected chi connectivity index (χ0v) is 21.1. The first kappa shape index (κ1) is 24.5. The molecule has 1 saturated carbocycles. The Hall–Kier alpha value is -2.14. The predicted molar refractivity (Wildman–Crippen MR) is 134 cm³/mol. The molecule has 1 aliphatic carbocycles. The van der Waals surface area contributed by atoms with Crippen molar-refractivity contribution >= 4 is 27.3 Å². The summed E-state index contributed by atoms with van der Waals surface area (Å²) in [6, 6.07) is 7.11. The molecular formula is C24H31ClN4O5S. The Morgan fingerprint density at radius 2 is 1.86 bits per heavy atom. The molecule has 1 atom stereocenters. The Balaban J connectivity index is 1.18. The number of nitrogens with one attached hydrogen (secondary N) is 1. The number of halogens is 1. The molecule has 11 heteroatoms. The van der Waals surface area contributed by atoms with Crippen molar-refractivity contribution in [3.63, 3.8) is 0 Å². The first-order valence-corrected chi connectivity index (χ1v) is 14.2. The second-order valence-corrected chi connectivity index (χ2v) is 12.1. The van der Waals surface area contributed by atoms with Crippen molar-refractivity contribution < 1.29 is 17.9 Å². The summed E-state index contributed by atoms with van der Waals surface area (Å²) in [4.78, 5) is 12.8. The third kappa shape index (κ3) is 5.66. The highest BCUT2D eigenvalue weighted by molar-refractivity contribution is 7.90. The van der Waals surface area contributed by atoms with Gasteiger partial charge in [-0.3, -0.25) is 4.79 Å². The van der Waals surface area contributed by atoms with Crippen LogP contribution in [0.1, 0.15) is 38.5 Å². The number of piperidine rings is 1. The van der Waals surface area contributed by atoms with E-state index in [-0.39, 0.29) is 16.4 Å². The van der Waals surface area contributed by atoms with Gasteiger partial charge < -0.3 is 14.8 Å². The van der Waals surface area contributed by atoms with Crippen molar-refractivity contribution in [3.8, 4) is 11.4 Å². The van der Waals surface area contributed by atoms with E-state index in [0.717, 1.165) is 32.3 Å². The molecule has 9 nitrogen and oxygen atoms in total. The highest BCUT2D eigenvalue weighted by Crippen LogP contribution is 2.33. The first-order chi connectivity index (χ1) is 16.9. The van der Waals surface area contributed by atoms with Gasteiger partial charge >= 0.3 is 0 Å². The molecule has 1 aromatic heterocycles. The lowest BCUT2D eigenvalue weighted by molar-refractivity contribution is 0.0595. The molecule has 1 N–H and O–H groups in total. The van der Waals surface area contributed by atoms with Crippen molar-refractivity contribution in [1.29, 1.82) is 0 Å². The van der Waals surface area contributed by atoms with Crippen LogP contribution >= 0.6 is 11.6 Å². The van der Waals surface area contributed by atoms with E-state index < -0.39 is 15.6 Å². The molecule has 0 bridgehead atoms. The van der Waals surface area contributed by atoms with Crippen molar-refractivity contribution in [2.24, 2.45) is 5.92 Å². The quantitative estimate of drug-likeness (QED) is 0.568. The topological polar surface area (TPSA) is 103 Å². The maximum atomic E-state index is 12.8. The molecule has 2 saturated heterocycles. The summed E-state index contributed by atoms with van der Waals surface area (Å²) in [5, 5.41) is 7.45. The van der Waals surface area contributed by atoms with E-state index in [2.05, 4.69) is 10.4 Å². The molecule has 35 heavy (non-hydrogen) atoms. The fourth-order valence-corrected chi connectivity index (χ4v) is 6.67. The smallest absolute Gasteiger partial charge is 0.292 e. The maximum Gasteiger partial charge on any atom is 0.292 e. The number of hydrogen-bond acceptors (Lipinski definition) is 7. The Kier molecular flexibility index (Phi) is 7.34. The van der Waals surface area contributed by atoms with Crippen LogP contribution in [0.25, 0.3) is 5.69 Å². The predicted octanol–water partition coefficient (Wildman–Crippen LogP) is 3.06. The number of nitrogens with zero attached hydrogens (tertiary/aromatic N) is 3. The molecule has 0 spiro atoms. The summed E-state index contributed by atoms with van der Waals surface area (Å²) in [5.41, 5.74) is 0.713. The Morgan fingerprint density at radius 1 is 1.11 bits per heavy atom. The SMILES string of the molecule is O=c1c(Cl)c(NC[C@H]2CCCOC2)cnn1-c1ccc(OC2CCN(S(=O)(=O)C3CC3)CC2)cc1. The number of aromatic nitrogens is 2. The molecule has 0 unspecified atom stereocenters. The average molecular weight is 523 g/mol.